The van der Waals surface area contributed by atoms with Crippen LogP contribution in [-0.2, 0) is 21.4 Å². The number of rotatable bonds is 6. The van der Waals surface area contributed by atoms with Gasteiger partial charge >= 0.3 is 0 Å². The van der Waals surface area contributed by atoms with Crippen LogP contribution in [0.15, 0.2) is 36.4 Å². The first-order valence-corrected chi connectivity index (χ1v) is 19.9. The maximum Gasteiger partial charge on any atom is 0.264 e. The summed E-state index contributed by atoms with van der Waals surface area (Å²) < 4.78 is 35.8. The molecule has 1 N–H and O–H groups in total. The molecule has 0 bridgehead atoms. The lowest BCUT2D eigenvalue weighted by atomic mass is 9.81. The van der Waals surface area contributed by atoms with E-state index in [-0.39, 0.29) is 17.4 Å². The van der Waals surface area contributed by atoms with Crippen LogP contribution >= 0.6 is 0 Å². The van der Waals surface area contributed by atoms with Crippen molar-refractivity contribution in [3.05, 3.63) is 53.1 Å². The molecule has 3 aromatic rings. The number of nitrogens with one attached hydrogen (secondary N) is 1. The number of amides is 2. The molecule has 2 atom stereocenters. The molecule has 3 heterocycles. The molecule has 2 amide bonds. The van der Waals surface area contributed by atoms with Gasteiger partial charge in [-0.15, -0.1) is 0 Å². The monoisotopic (exact) mass is 686 g/mol. The Balaban J connectivity index is 1.29. The number of carbonyl (C=O) groups is 2. The Morgan fingerprint density at radius 2 is 1.71 bits per heavy atom. The van der Waals surface area contributed by atoms with Gasteiger partial charge in [0.05, 0.1) is 23.5 Å². The number of methoxy groups -OCH3 is 1. The van der Waals surface area contributed by atoms with Gasteiger partial charge < -0.3 is 14.2 Å². The van der Waals surface area contributed by atoms with Crippen LogP contribution in [0, 0.1) is 5.41 Å². The van der Waals surface area contributed by atoms with Crippen molar-refractivity contribution in [2.45, 2.75) is 107 Å². The number of sulfonamides is 1. The van der Waals surface area contributed by atoms with Gasteiger partial charge in [0.2, 0.25) is 15.9 Å². The number of hydrogen-bond donors (Lipinski definition) is 1. The highest BCUT2D eigenvalue weighted by molar-refractivity contribution is 7.90. The molecule has 262 valence electrons. The third kappa shape index (κ3) is 5.22. The first-order valence-electron chi connectivity index (χ1n) is 18.4. The third-order valence-electron chi connectivity index (χ3n) is 12.9. The Kier molecular flexibility index (Phi) is 7.94. The van der Waals surface area contributed by atoms with E-state index in [1.54, 1.807) is 27.0 Å². The second kappa shape index (κ2) is 11.9. The molecular formula is C39H50N4O5S. The van der Waals surface area contributed by atoms with Gasteiger partial charge in [-0.3, -0.25) is 14.5 Å². The second-order valence-corrected chi connectivity index (χ2v) is 18.1. The van der Waals surface area contributed by atoms with Gasteiger partial charge in [-0.05, 0) is 100 Å². The predicted octanol–water partition coefficient (Wildman–Crippen LogP) is 6.41. The summed E-state index contributed by atoms with van der Waals surface area (Å²) in [6.07, 6.45) is 11.3. The van der Waals surface area contributed by atoms with Crippen molar-refractivity contribution in [2.24, 2.45) is 5.41 Å². The molecule has 10 heteroatoms. The van der Waals surface area contributed by atoms with E-state index in [1.807, 2.05) is 18.2 Å². The normalized spacial score (nSPS) is 25.2. The molecule has 9 nitrogen and oxygen atoms in total. The Labute approximate surface area is 290 Å². The highest BCUT2D eigenvalue weighted by Crippen LogP contribution is 2.66. The Morgan fingerprint density at radius 1 is 0.959 bits per heavy atom. The van der Waals surface area contributed by atoms with E-state index < -0.39 is 26.6 Å². The molecule has 5 aliphatic rings. The van der Waals surface area contributed by atoms with Gasteiger partial charge in [-0.25, -0.2) is 13.1 Å². The summed E-state index contributed by atoms with van der Waals surface area (Å²) in [7, 11) is 0.125. The highest BCUT2D eigenvalue weighted by Gasteiger charge is 2.64. The molecule has 1 saturated heterocycles. The zero-order chi connectivity index (χ0) is 34.3. The maximum atomic E-state index is 15.1. The summed E-state index contributed by atoms with van der Waals surface area (Å²) in [6.45, 7) is 6.05. The lowest BCUT2D eigenvalue weighted by Crippen LogP contribution is -2.61. The quantitative estimate of drug-likeness (QED) is 0.322. The number of likely N-dealkylation sites (N-methyl/N-ethyl adjacent to an activating group) is 1. The summed E-state index contributed by atoms with van der Waals surface area (Å²) in [5.41, 5.74) is 5.45. The molecule has 2 aliphatic heterocycles. The van der Waals surface area contributed by atoms with E-state index >= 15 is 4.79 Å². The molecule has 49 heavy (non-hydrogen) atoms. The largest absolute Gasteiger partial charge is 0.497 e. The number of aromatic nitrogens is 1. The highest BCUT2D eigenvalue weighted by atomic mass is 32.2. The standard InChI is InChI=1S/C39H50N4O5S/c1-25(2)49(46,47)40-36(44)27-12-14-30-33(20-27)43-24-39(37(45)42-19-18-41(3)38(23-42)16-8-9-17-38)22-32(39)31-21-28(48-4)13-15-29(31)35(43)34(30)26-10-6-5-7-11-26/h12-15,20-21,25-26,32H,5-11,16-19,22-24H2,1-4H3,(H,40,44). The predicted molar refractivity (Wildman–Crippen MR) is 191 cm³/mol. The smallest absolute Gasteiger partial charge is 0.264 e. The number of piperazine rings is 1. The minimum Gasteiger partial charge on any atom is -0.497 e. The van der Waals surface area contributed by atoms with Crippen LogP contribution in [0.3, 0.4) is 0 Å². The summed E-state index contributed by atoms with van der Waals surface area (Å²) >= 11 is 0. The van der Waals surface area contributed by atoms with E-state index in [4.69, 9.17) is 4.74 Å². The molecule has 0 radical (unpaired) electrons. The summed E-state index contributed by atoms with van der Waals surface area (Å²) in [4.78, 5) is 33.2. The van der Waals surface area contributed by atoms with E-state index in [2.05, 4.69) is 38.3 Å². The van der Waals surface area contributed by atoms with Crippen molar-refractivity contribution >= 4 is 32.7 Å². The van der Waals surface area contributed by atoms with E-state index in [0.29, 0.717) is 18.0 Å². The van der Waals surface area contributed by atoms with Crippen LogP contribution in [0.1, 0.15) is 111 Å². The molecule has 2 unspecified atom stereocenters. The number of hydrogen-bond acceptors (Lipinski definition) is 6. The van der Waals surface area contributed by atoms with Gasteiger partial charge in [0.1, 0.15) is 5.75 Å². The number of benzene rings is 2. The lowest BCUT2D eigenvalue weighted by Gasteiger charge is -2.48. The van der Waals surface area contributed by atoms with E-state index in [9.17, 15) is 13.2 Å². The van der Waals surface area contributed by atoms with Gasteiger partial charge in [0.15, 0.2) is 0 Å². The van der Waals surface area contributed by atoms with E-state index in [0.717, 1.165) is 79.6 Å². The Morgan fingerprint density at radius 3 is 2.43 bits per heavy atom. The second-order valence-electron chi connectivity index (χ2n) is 15.9. The van der Waals surface area contributed by atoms with E-state index in [1.165, 1.54) is 43.2 Å². The first kappa shape index (κ1) is 32.8. The zero-order valence-corrected chi connectivity index (χ0v) is 30.2. The summed E-state index contributed by atoms with van der Waals surface area (Å²) in [6, 6.07) is 12.0. The SMILES string of the molecule is COc1ccc2c(c1)C1CC1(C(=O)N1CCN(C)C3(CCCC3)C1)Cn1c-2c(C2CCCCC2)c2ccc(C(=O)NS(=O)(=O)C(C)C)cc21. The molecule has 2 aromatic carbocycles. The van der Waals surface area contributed by atoms with Crippen LogP contribution in [0.4, 0.5) is 0 Å². The summed E-state index contributed by atoms with van der Waals surface area (Å²) in [5.74, 6) is 0.853. The fraction of sp³-hybridized carbons (Fsp3) is 0.590. The summed E-state index contributed by atoms with van der Waals surface area (Å²) in [5, 5.41) is 0.366. The van der Waals surface area contributed by atoms with Crippen LogP contribution in [0.2, 0.25) is 0 Å². The Bertz CT molecular complexity index is 1940. The fourth-order valence-electron chi connectivity index (χ4n) is 9.85. The molecular weight excluding hydrogens is 637 g/mol. The van der Waals surface area contributed by atoms with Crippen LogP contribution < -0.4 is 9.46 Å². The molecule has 1 aromatic heterocycles. The minimum absolute atomic E-state index is 0.0683. The van der Waals surface area contributed by atoms with Crippen molar-refractivity contribution in [3.63, 3.8) is 0 Å². The van der Waals surface area contributed by atoms with Crippen LogP contribution in [-0.4, -0.2) is 79.2 Å². The first-order chi connectivity index (χ1) is 23.5. The average molecular weight is 687 g/mol. The van der Waals surface area contributed by atoms with Crippen LogP contribution in [0.25, 0.3) is 22.2 Å². The Hall–Kier alpha value is -3.37. The average Bonchev–Trinajstić information content (AvgIpc) is 3.53. The number of carbonyl (C=O) groups excluding carboxylic acids is 2. The fourth-order valence-corrected chi connectivity index (χ4v) is 10.5. The number of fused-ring (bicyclic) bond motifs is 7. The zero-order valence-electron chi connectivity index (χ0n) is 29.4. The van der Waals surface area contributed by atoms with Crippen molar-refractivity contribution in [1.82, 2.24) is 19.1 Å². The molecule has 3 saturated carbocycles. The van der Waals surface area contributed by atoms with Gasteiger partial charge in [0, 0.05) is 59.7 Å². The number of nitrogens with zero attached hydrogens (tertiary/aromatic N) is 3. The van der Waals surface area contributed by atoms with Crippen molar-refractivity contribution in [2.75, 3.05) is 33.8 Å². The van der Waals surface area contributed by atoms with Crippen molar-refractivity contribution in [3.8, 4) is 17.0 Å². The molecule has 8 rings (SSSR count). The van der Waals surface area contributed by atoms with Gasteiger partial charge in [-0.1, -0.05) is 38.2 Å². The molecule has 1 spiro atoms. The van der Waals surface area contributed by atoms with Crippen molar-refractivity contribution in [1.29, 1.82) is 0 Å². The van der Waals surface area contributed by atoms with Gasteiger partial charge in [0.25, 0.3) is 5.91 Å². The maximum absolute atomic E-state index is 15.1. The third-order valence-corrected chi connectivity index (χ3v) is 14.6. The minimum atomic E-state index is -3.80. The topological polar surface area (TPSA) is 101 Å². The number of ether oxygens (including phenoxy) is 1. The lowest BCUT2D eigenvalue weighted by molar-refractivity contribution is -0.143. The van der Waals surface area contributed by atoms with Crippen molar-refractivity contribution < 1.29 is 22.7 Å². The van der Waals surface area contributed by atoms with Gasteiger partial charge in [-0.2, -0.15) is 0 Å². The molecule has 4 fully saturated rings. The van der Waals surface area contributed by atoms with Crippen LogP contribution in [0.5, 0.6) is 5.75 Å². The molecule has 3 aliphatic carbocycles.